The minimum Gasteiger partial charge on any atom is -0.398 e. The zero-order valence-corrected chi connectivity index (χ0v) is 9.41. The standard InChI is InChI=1S/C10H18O5/c1-4-5-6-7-10(13,14-8(2)11)15-9(3)12/h13H,4-7H2,1-3H3. The van der Waals surface area contributed by atoms with Gasteiger partial charge in [0.15, 0.2) is 0 Å². The van der Waals surface area contributed by atoms with Crippen LogP contribution in [0.1, 0.15) is 46.5 Å². The average Bonchev–Trinajstić information content (AvgIpc) is 2.00. The maximum atomic E-state index is 10.7. The van der Waals surface area contributed by atoms with Gasteiger partial charge in [0.05, 0.1) is 6.42 Å². The van der Waals surface area contributed by atoms with Gasteiger partial charge in [0.2, 0.25) is 0 Å². The molecule has 0 atom stereocenters. The van der Waals surface area contributed by atoms with Gasteiger partial charge in [-0.15, -0.1) is 0 Å². The molecule has 88 valence electrons. The zero-order valence-electron chi connectivity index (χ0n) is 9.41. The van der Waals surface area contributed by atoms with E-state index in [-0.39, 0.29) is 6.42 Å². The molecule has 0 rings (SSSR count). The molecular formula is C10H18O5. The Bertz CT molecular complexity index is 208. The van der Waals surface area contributed by atoms with Crippen LogP contribution in [0.2, 0.25) is 0 Å². The minimum absolute atomic E-state index is 0.0972. The summed E-state index contributed by atoms with van der Waals surface area (Å²) in [5, 5.41) is 9.69. The summed E-state index contributed by atoms with van der Waals surface area (Å²) >= 11 is 0. The van der Waals surface area contributed by atoms with Gasteiger partial charge in [0.1, 0.15) is 0 Å². The lowest BCUT2D eigenvalue weighted by molar-refractivity contribution is -0.326. The molecular weight excluding hydrogens is 200 g/mol. The van der Waals surface area contributed by atoms with Crippen LogP contribution in [-0.4, -0.2) is 23.0 Å². The summed E-state index contributed by atoms with van der Waals surface area (Å²) in [5.41, 5.74) is 0. The summed E-state index contributed by atoms with van der Waals surface area (Å²) in [6, 6.07) is 0. The molecule has 0 saturated heterocycles. The molecule has 0 unspecified atom stereocenters. The molecule has 5 nitrogen and oxygen atoms in total. The molecule has 0 aromatic heterocycles. The highest BCUT2D eigenvalue weighted by atomic mass is 16.8. The van der Waals surface area contributed by atoms with E-state index >= 15 is 0 Å². The topological polar surface area (TPSA) is 72.8 Å². The quantitative estimate of drug-likeness (QED) is 0.413. The number of carbonyl (C=O) groups excluding carboxylic acids is 2. The number of hydrogen-bond donors (Lipinski definition) is 1. The van der Waals surface area contributed by atoms with Crippen molar-refractivity contribution in [2.75, 3.05) is 0 Å². The molecule has 1 N–H and O–H groups in total. The van der Waals surface area contributed by atoms with E-state index in [1.165, 1.54) is 0 Å². The Balaban J connectivity index is 4.26. The van der Waals surface area contributed by atoms with Crippen molar-refractivity contribution < 1.29 is 24.2 Å². The SMILES string of the molecule is CCCCCC(O)(OC(C)=O)OC(C)=O. The lowest BCUT2D eigenvalue weighted by Gasteiger charge is -2.25. The summed E-state index contributed by atoms with van der Waals surface area (Å²) in [6.07, 6.45) is 2.54. The predicted molar refractivity (Wildman–Crippen MR) is 52.6 cm³/mol. The third-order valence-electron chi connectivity index (χ3n) is 1.70. The molecule has 0 heterocycles. The van der Waals surface area contributed by atoms with Crippen LogP contribution in [0.25, 0.3) is 0 Å². The summed E-state index contributed by atoms with van der Waals surface area (Å²) in [7, 11) is 0. The van der Waals surface area contributed by atoms with Crippen molar-refractivity contribution in [1.29, 1.82) is 0 Å². The molecule has 0 amide bonds. The van der Waals surface area contributed by atoms with Crippen molar-refractivity contribution in [2.45, 2.75) is 52.4 Å². The Morgan fingerprint density at radius 1 is 1.13 bits per heavy atom. The van der Waals surface area contributed by atoms with Crippen LogP contribution in [0.4, 0.5) is 0 Å². The fourth-order valence-corrected chi connectivity index (χ4v) is 1.17. The van der Waals surface area contributed by atoms with Crippen molar-refractivity contribution in [3.8, 4) is 0 Å². The van der Waals surface area contributed by atoms with Gasteiger partial charge in [-0.05, 0) is 6.42 Å². The number of unbranched alkanes of at least 4 members (excludes halogenated alkanes) is 2. The molecule has 0 aliphatic rings. The van der Waals surface area contributed by atoms with Crippen LogP contribution in [0.3, 0.4) is 0 Å². The van der Waals surface area contributed by atoms with Gasteiger partial charge in [-0.1, -0.05) is 19.8 Å². The summed E-state index contributed by atoms with van der Waals surface area (Å²) in [6.45, 7) is 4.29. The molecule has 0 aromatic rings. The number of rotatable bonds is 6. The molecule has 0 fully saturated rings. The predicted octanol–water partition coefficient (Wildman–Crippen LogP) is 1.34. The number of hydrogen-bond acceptors (Lipinski definition) is 5. The Labute approximate surface area is 89.4 Å². The van der Waals surface area contributed by atoms with E-state index in [0.29, 0.717) is 6.42 Å². The van der Waals surface area contributed by atoms with E-state index in [1.807, 2.05) is 6.92 Å². The second kappa shape index (κ2) is 6.40. The Morgan fingerprint density at radius 2 is 1.60 bits per heavy atom. The molecule has 0 bridgehead atoms. The summed E-state index contributed by atoms with van der Waals surface area (Å²) in [4.78, 5) is 21.4. The fourth-order valence-electron chi connectivity index (χ4n) is 1.17. The van der Waals surface area contributed by atoms with E-state index in [1.54, 1.807) is 0 Å². The lowest BCUT2D eigenvalue weighted by atomic mass is 10.2. The second-order valence-electron chi connectivity index (χ2n) is 3.36. The third kappa shape index (κ3) is 6.90. The minimum atomic E-state index is -2.10. The highest BCUT2D eigenvalue weighted by Crippen LogP contribution is 2.19. The Kier molecular flexibility index (Phi) is 5.93. The molecule has 0 spiro atoms. The monoisotopic (exact) mass is 218 g/mol. The lowest BCUT2D eigenvalue weighted by Crippen LogP contribution is -2.38. The van der Waals surface area contributed by atoms with E-state index < -0.39 is 17.9 Å². The van der Waals surface area contributed by atoms with Crippen LogP contribution in [0.15, 0.2) is 0 Å². The normalized spacial score (nSPS) is 10.9. The number of ether oxygens (including phenoxy) is 2. The first-order valence-electron chi connectivity index (χ1n) is 5.01. The van der Waals surface area contributed by atoms with Gasteiger partial charge in [-0.25, -0.2) is 0 Å². The second-order valence-corrected chi connectivity index (χ2v) is 3.36. The van der Waals surface area contributed by atoms with E-state index in [9.17, 15) is 14.7 Å². The third-order valence-corrected chi connectivity index (χ3v) is 1.70. The van der Waals surface area contributed by atoms with Crippen LogP contribution >= 0.6 is 0 Å². The van der Waals surface area contributed by atoms with Gasteiger partial charge in [0.25, 0.3) is 0 Å². The molecule has 0 aliphatic carbocycles. The van der Waals surface area contributed by atoms with Gasteiger partial charge in [-0.3, -0.25) is 9.59 Å². The van der Waals surface area contributed by atoms with Crippen molar-refractivity contribution in [2.24, 2.45) is 0 Å². The Hall–Kier alpha value is -1.10. The summed E-state index contributed by atoms with van der Waals surface area (Å²) < 4.78 is 9.14. The first-order valence-corrected chi connectivity index (χ1v) is 5.01. The highest BCUT2D eigenvalue weighted by Gasteiger charge is 2.33. The average molecular weight is 218 g/mol. The number of carbonyl (C=O) groups is 2. The van der Waals surface area contributed by atoms with Crippen LogP contribution in [0, 0.1) is 0 Å². The first-order chi connectivity index (χ1) is 6.89. The van der Waals surface area contributed by atoms with E-state index in [2.05, 4.69) is 9.47 Å². The van der Waals surface area contributed by atoms with E-state index in [0.717, 1.165) is 26.7 Å². The fraction of sp³-hybridized carbons (Fsp3) is 0.800. The van der Waals surface area contributed by atoms with Crippen LogP contribution in [-0.2, 0) is 19.1 Å². The van der Waals surface area contributed by atoms with Gasteiger partial charge in [-0.2, -0.15) is 0 Å². The molecule has 15 heavy (non-hydrogen) atoms. The molecule has 0 aliphatic heterocycles. The van der Waals surface area contributed by atoms with Crippen LogP contribution in [0.5, 0.6) is 0 Å². The molecule has 0 saturated carbocycles. The van der Waals surface area contributed by atoms with Gasteiger partial charge < -0.3 is 14.6 Å². The van der Waals surface area contributed by atoms with Gasteiger partial charge in [0, 0.05) is 13.8 Å². The number of aliphatic hydroxyl groups is 1. The van der Waals surface area contributed by atoms with Crippen molar-refractivity contribution in [3.63, 3.8) is 0 Å². The summed E-state index contributed by atoms with van der Waals surface area (Å²) in [5.74, 6) is -3.47. The maximum absolute atomic E-state index is 10.7. The first kappa shape index (κ1) is 13.9. The van der Waals surface area contributed by atoms with Crippen molar-refractivity contribution in [3.05, 3.63) is 0 Å². The molecule has 5 heteroatoms. The van der Waals surface area contributed by atoms with E-state index in [4.69, 9.17) is 0 Å². The Morgan fingerprint density at radius 3 is 1.93 bits per heavy atom. The molecule has 0 aromatic carbocycles. The molecule has 0 radical (unpaired) electrons. The largest absolute Gasteiger partial charge is 0.398 e. The van der Waals surface area contributed by atoms with Crippen molar-refractivity contribution in [1.82, 2.24) is 0 Å². The van der Waals surface area contributed by atoms with Crippen LogP contribution < -0.4 is 0 Å². The van der Waals surface area contributed by atoms with Crippen molar-refractivity contribution >= 4 is 11.9 Å². The zero-order chi connectivity index (χ0) is 11.9. The maximum Gasteiger partial charge on any atom is 0.373 e. The smallest absolute Gasteiger partial charge is 0.373 e. The number of esters is 2. The highest BCUT2D eigenvalue weighted by molar-refractivity contribution is 5.68. The van der Waals surface area contributed by atoms with Gasteiger partial charge >= 0.3 is 17.9 Å².